The van der Waals surface area contributed by atoms with E-state index in [1.54, 1.807) is 11.8 Å². The predicted octanol–water partition coefficient (Wildman–Crippen LogP) is 2.54. The molecular weight excluding hydrogens is 306 g/mol. The highest BCUT2D eigenvalue weighted by atomic mass is 32.2. The third kappa shape index (κ3) is 3.32. The molecule has 2 N–H and O–H groups in total. The normalized spacial score (nSPS) is 28.7. The van der Waals surface area contributed by atoms with E-state index in [4.69, 9.17) is 0 Å². The third-order valence-electron chi connectivity index (χ3n) is 5.00. The minimum absolute atomic E-state index is 0.0244. The molecule has 1 aromatic carbocycles. The van der Waals surface area contributed by atoms with Gasteiger partial charge in [-0.2, -0.15) is 0 Å². The number of carbonyl (C=O) groups is 1. The fourth-order valence-electron chi connectivity index (χ4n) is 3.25. The fourth-order valence-corrected chi connectivity index (χ4v) is 4.63. The molecule has 4 atom stereocenters. The molecular formula is C18H25N3OS. The zero-order valence-electron chi connectivity index (χ0n) is 14.2. The monoisotopic (exact) mass is 331 g/mol. The number of fused-ring (bicyclic) bond motifs is 1. The van der Waals surface area contributed by atoms with Crippen LogP contribution in [-0.2, 0) is 11.3 Å². The SMILES string of the molecule is CC1=C(C)C2C(=O)NC(C(C)N(C)Cc3ccccc3)NC2S1. The number of carbonyl (C=O) groups excluding carboxylic acids is 1. The van der Waals surface area contributed by atoms with E-state index in [-0.39, 0.29) is 29.4 Å². The van der Waals surface area contributed by atoms with Crippen LogP contribution in [0.25, 0.3) is 0 Å². The Morgan fingerprint density at radius 3 is 2.65 bits per heavy atom. The number of amides is 1. The van der Waals surface area contributed by atoms with Crippen LogP contribution in [0.2, 0.25) is 0 Å². The topological polar surface area (TPSA) is 44.4 Å². The zero-order valence-corrected chi connectivity index (χ0v) is 15.0. The molecule has 4 nitrogen and oxygen atoms in total. The molecule has 1 aromatic rings. The van der Waals surface area contributed by atoms with Crippen molar-refractivity contribution in [3.8, 4) is 0 Å². The van der Waals surface area contributed by atoms with Gasteiger partial charge < -0.3 is 5.32 Å². The number of hydrogen-bond donors (Lipinski definition) is 2. The minimum Gasteiger partial charge on any atom is -0.339 e. The second-order valence-electron chi connectivity index (χ2n) is 6.55. The van der Waals surface area contributed by atoms with Crippen LogP contribution in [-0.4, -0.2) is 35.4 Å². The first-order valence-corrected chi connectivity index (χ1v) is 9.00. The summed E-state index contributed by atoms with van der Waals surface area (Å²) in [6.45, 7) is 7.20. The number of nitrogens with one attached hydrogen (secondary N) is 2. The minimum atomic E-state index is -0.0251. The van der Waals surface area contributed by atoms with Crippen LogP contribution in [0.15, 0.2) is 40.8 Å². The summed E-state index contributed by atoms with van der Waals surface area (Å²) in [7, 11) is 2.11. The molecule has 1 fully saturated rings. The van der Waals surface area contributed by atoms with Crippen molar-refractivity contribution in [2.45, 2.75) is 44.9 Å². The Labute approximate surface area is 142 Å². The summed E-state index contributed by atoms with van der Waals surface area (Å²) in [5.41, 5.74) is 2.49. The molecule has 0 radical (unpaired) electrons. The summed E-state index contributed by atoms with van der Waals surface area (Å²) in [5.74, 6) is 0.128. The number of thioether (sulfide) groups is 1. The molecule has 2 aliphatic rings. The predicted molar refractivity (Wildman–Crippen MR) is 95.7 cm³/mol. The Kier molecular flexibility index (Phi) is 4.80. The van der Waals surface area contributed by atoms with Crippen molar-refractivity contribution in [1.82, 2.24) is 15.5 Å². The summed E-state index contributed by atoms with van der Waals surface area (Å²) in [6, 6.07) is 10.6. The standard InChI is InChI=1S/C18H25N3OS/c1-11-13(3)23-18-15(11)17(22)19-16(20-18)12(2)21(4)10-14-8-6-5-7-9-14/h5-9,12,15-16,18,20H,10H2,1-4H3,(H,19,22). The van der Waals surface area contributed by atoms with Crippen LogP contribution < -0.4 is 10.6 Å². The first-order valence-electron chi connectivity index (χ1n) is 8.12. The van der Waals surface area contributed by atoms with Crippen LogP contribution in [0.5, 0.6) is 0 Å². The molecule has 3 rings (SSSR count). The van der Waals surface area contributed by atoms with Crippen LogP contribution in [0.4, 0.5) is 0 Å². The largest absolute Gasteiger partial charge is 0.339 e. The van der Waals surface area contributed by atoms with Crippen LogP contribution in [0, 0.1) is 5.92 Å². The van der Waals surface area contributed by atoms with Gasteiger partial charge in [-0.05, 0) is 43.9 Å². The second-order valence-corrected chi connectivity index (χ2v) is 7.91. The quantitative estimate of drug-likeness (QED) is 0.890. The molecule has 23 heavy (non-hydrogen) atoms. The maximum Gasteiger partial charge on any atom is 0.230 e. The summed E-state index contributed by atoms with van der Waals surface area (Å²) in [6.07, 6.45) is -0.0244. The highest BCUT2D eigenvalue weighted by Gasteiger charge is 2.43. The average molecular weight is 331 g/mol. The van der Waals surface area contributed by atoms with Crippen LogP contribution in [0.3, 0.4) is 0 Å². The van der Waals surface area contributed by atoms with Gasteiger partial charge in [-0.1, -0.05) is 30.3 Å². The van der Waals surface area contributed by atoms with Gasteiger partial charge in [-0.3, -0.25) is 15.0 Å². The maximum atomic E-state index is 12.5. The van der Waals surface area contributed by atoms with Crippen LogP contribution in [0.1, 0.15) is 26.3 Å². The lowest BCUT2D eigenvalue weighted by molar-refractivity contribution is -0.127. The van der Waals surface area contributed by atoms with Gasteiger partial charge in [0, 0.05) is 12.6 Å². The van der Waals surface area contributed by atoms with E-state index < -0.39 is 0 Å². The van der Waals surface area contributed by atoms with E-state index in [0.717, 1.165) is 6.54 Å². The highest BCUT2D eigenvalue weighted by molar-refractivity contribution is 8.03. The number of rotatable bonds is 4. The zero-order chi connectivity index (χ0) is 16.6. The molecule has 0 bridgehead atoms. The highest BCUT2D eigenvalue weighted by Crippen LogP contribution is 2.42. The molecule has 0 spiro atoms. The Morgan fingerprint density at radius 2 is 1.96 bits per heavy atom. The van der Waals surface area contributed by atoms with E-state index >= 15 is 0 Å². The lowest BCUT2D eigenvalue weighted by atomic mass is 9.96. The fraction of sp³-hybridized carbons (Fsp3) is 0.500. The summed E-state index contributed by atoms with van der Waals surface area (Å²) >= 11 is 1.79. The van der Waals surface area contributed by atoms with E-state index in [2.05, 4.69) is 67.6 Å². The van der Waals surface area contributed by atoms with Crippen molar-refractivity contribution in [2.24, 2.45) is 5.92 Å². The molecule has 1 amide bonds. The van der Waals surface area contributed by atoms with Crippen molar-refractivity contribution in [3.05, 3.63) is 46.4 Å². The van der Waals surface area contributed by atoms with Crippen molar-refractivity contribution in [3.63, 3.8) is 0 Å². The van der Waals surface area contributed by atoms with Gasteiger partial charge in [0.25, 0.3) is 0 Å². The lowest BCUT2D eigenvalue weighted by Crippen LogP contribution is -2.65. The summed E-state index contributed by atoms with van der Waals surface area (Å²) < 4.78 is 0. The Balaban J connectivity index is 1.65. The molecule has 2 aliphatic heterocycles. The number of nitrogens with zero attached hydrogens (tertiary/aromatic N) is 1. The molecule has 2 heterocycles. The lowest BCUT2D eigenvalue weighted by Gasteiger charge is -2.40. The molecule has 124 valence electrons. The molecule has 5 heteroatoms. The number of allylic oxidation sites excluding steroid dienone is 1. The summed E-state index contributed by atoms with van der Waals surface area (Å²) in [5, 5.41) is 6.95. The Morgan fingerprint density at radius 1 is 1.26 bits per heavy atom. The average Bonchev–Trinajstić information content (AvgIpc) is 2.82. The van der Waals surface area contributed by atoms with Crippen molar-refractivity contribution >= 4 is 17.7 Å². The summed E-state index contributed by atoms with van der Waals surface area (Å²) in [4.78, 5) is 16.1. The first-order chi connectivity index (χ1) is 11.0. The first kappa shape index (κ1) is 16.6. The van der Waals surface area contributed by atoms with Gasteiger partial charge in [0.15, 0.2) is 0 Å². The van der Waals surface area contributed by atoms with Crippen LogP contribution >= 0.6 is 11.8 Å². The van der Waals surface area contributed by atoms with Gasteiger partial charge in [-0.15, -0.1) is 11.8 Å². The van der Waals surface area contributed by atoms with Crippen molar-refractivity contribution in [2.75, 3.05) is 7.05 Å². The molecule has 0 aliphatic carbocycles. The van der Waals surface area contributed by atoms with Gasteiger partial charge >= 0.3 is 0 Å². The Bertz CT molecular complexity index is 616. The van der Waals surface area contributed by atoms with Gasteiger partial charge in [0.2, 0.25) is 5.91 Å². The van der Waals surface area contributed by atoms with Gasteiger partial charge in [-0.25, -0.2) is 0 Å². The van der Waals surface area contributed by atoms with E-state index in [9.17, 15) is 4.79 Å². The second kappa shape index (κ2) is 6.67. The molecule has 0 aromatic heterocycles. The smallest absolute Gasteiger partial charge is 0.230 e. The van der Waals surface area contributed by atoms with Crippen molar-refractivity contribution < 1.29 is 4.79 Å². The number of hydrogen-bond acceptors (Lipinski definition) is 4. The van der Waals surface area contributed by atoms with E-state index in [0.29, 0.717) is 0 Å². The third-order valence-corrected chi connectivity index (χ3v) is 6.34. The van der Waals surface area contributed by atoms with Crippen molar-refractivity contribution in [1.29, 1.82) is 0 Å². The molecule has 1 saturated heterocycles. The number of benzene rings is 1. The van der Waals surface area contributed by atoms with Gasteiger partial charge in [0.05, 0.1) is 17.5 Å². The number of likely N-dealkylation sites (N-methyl/N-ethyl adjacent to an activating group) is 1. The Hall–Kier alpha value is -1.30. The van der Waals surface area contributed by atoms with Gasteiger partial charge in [0.1, 0.15) is 0 Å². The molecule has 0 saturated carbocycles. The van der Waals surface area contributed by atoms with E-state index in [1.807, 2.05) is 6.07 Å². The maximum absolute atomic E-state index is 12.5. The molecule has 4 unspecified atom stereocenters. The van der Waals surface area contributed by atoms with E-state index in [1.165, 1.54) is 16.0 Å².